The van der Waals surface area contributed by atoms with Gasteiger partial charge in [0, 0.05) is 36.5 Å². The lowest BCUT2D eigenvalue weighted by Crippen LogP contribution is -2.33. The van der Waals surface area contributed by atoms with Gasteiger partial charge >= 0.3 is 5.97 Å². The normalized spacial score (nSPS) is 18.9. The predicted molar refractivity (Wildman–Crippen MR) is 107 cm³/mol. The van der Waals surface area contributed by atoms with Gasteiger partial charge in [0.2, 0.25) is 0 Å². The molecule has 5 heteroatoms. The number of para-hydroxylation sites is 1. The molecule has 1 unspecified atom stereocenters. The van der Waals surface area contributed by atoms with Crippen LogP contribution in [0.1, 0.15) is 17.5 Å². The highest BCUT2D eigenvalue weighted by Crippen LogP contribution is 2.43. The Morgan fingerprint density at radius 2 is 2.15 bits per heavy atom. The van der Waals surface area contributed by atoms with Gasteiger partial charge in [-0.15, -0.1) is 0 Å². The van der Waals surface area contributed by atoms with Crippen molar-refractivity contribution < 1.29 is 14.6 Å². The van der Waals surface area contributed by atoms with E-state index in [4.69, 9.17) is 9.84 Å². The van der Waals surface area contributed by atoms with Gasteiger partial charge in [0.05, 0.1) is 7.11 Å². The monoisotopic (exact) mass is 364 g/mol. The Morgan fingerprint density at radius 1 is 1.26 bits per heavy atom. The third kappa shape index (κ3) is 3.43. The molecule has 0 saturated carbocycles. The summed E-state index contributed by atoms with van der Waals surface area (Å²) in [6.07, 6.45) is 5.04. The van der Waals surface area contributed by atoms with Gasteiger partial charge in [-0.25, -0.2) is 4.79 Å². The zero-order valence-corrected chi connectivity index (χ0v) is 15.4. The van der Waals surface area contributed by atoms with Crippen molar-refractivity contribution in [2.24, 2.45) is 0 Å². The van der Waals surface area contributed by atoms with Gasteiger partial charge in [0.15, 0.2) is 0 Å². The summed E-state index contributed by atoms with van der Waals surface area (Å²) >= 11 is 0. The fourth-order valence-electron chi connectivity index (χ4n) is 4.22. The number of hydrogen-bond acceptors (Lipinski definition) is 4. The first kappa shape index (κ1) is 17.6. The van der Waals surface area contributed by atoms with Crippen LogP contribution in [0.3, 0.4) is 0 Å². The zero-order chi connectivity index (χ0) is 18.8. The zero-order valence-electron chi connectivity index (χ0n) is 15.4. The van der Waals surface area contributed by atoms with E-state index in [1.807, 2.05) is 18.2 Å². The van der Waals surface area contributed by atoms with Crippen molar-refractivity contribution in [3.8, 4) is 16.9 Å². The van der Waals surface area contributed by atoms with Crippen LogP contribution in [0.2, 0.25) is 0 Å². The molecule has 1 fully saturated rings. The van der Waals surface area contributed by atoms with Gasteiger partial charge in [-0.2, -0.15) is 0 Å². The van der Waals surface area contributed by atoms with E-state index < -0.39 is 5.97 Å². The second-order valence-electron chi connectivity index (χ2n) is 7.03. The second kappa shape index (κ2) is 7.45. The van der Waals surface area contributed by atoms with Crippen LogP contribution in [-0.2, 0) is 11.2 Å². The van der Waals surface area contributed by atoms with E-state index >= 15 is 0 Å². The van der Waals surface area contributed by atoms with E-state index in [0.29, 0.717) is 11.8 Å². The molecule has 2 heterocycles. The smallest absolute Gasteiger partial charge is 0.328 e. The number of anilines is 1. The largest absolute Gasteiger partial charge is 0.497 e. The number of ether oxygens (including phenoxy) is 1. The van der Waals surface area contributed by atoms with Crippen LogP contribution < -0.4 is 15.0 Å². The van der Waals surface area contributed by atoms with Crippen LogP contribution in [0.4, 0.5) is 5.69 Å². The molecule has 27 heavy (non-hydrogen) atoms. The molecule has 5 nitrogen and oxygen atoms in total. The first-order chi connectivity index (χ1) is 13.2. The Labute approximate surface area is 159 Å². The number of carboxylic acid groups (broad SMARTS) is 1. The van der Waals surface area contributed by atoms with Crippen LogP contribution in [0, 0.1) is 0 Å². The van der Waals surface area contributed by atoms with E-state index in [9.17, 15) is 4.79 Å². The molecule has 4 rings (SSSR count). The van der Waals surface area contributed by atoms with Crippen molar-refractivity contribution in [1.29, 1.82) is 0 Å². The fraction of sp³-hybridized carbons (Fsp3) is 0.318. The number of rotatable bonds is 4. The van der Waals surface area contributed by atoms with Crippen LogP contribution >= 0.6 is 0 Å². The van der Waals surface area contributed by atoms with Gasteiger partial charge in [-0.05, 0) is 54.3 Å². The number of hydrogen-bond donors (Lipinski definition) is 2. The molecule has 0 radical (unpaired) electrons. The summed E-state index contributed by atoms with van der Waals surface area (Å²) in [7, 11) is 1.62. The van der Waals surface area contributed by atoms with Crippen molar-refractivity contribution in [3.63, 3.8) is 0 Å². The third-order valence-corrected chi connectivity index (χ3v) is 5.44. The Morgan fingerprint density at radius 3 is 2.96 bits per heavy atom. The van der Waals surface area contributed by atoms with Crippen molar-refractivity contribution in [1.82, 2.24) is 5.32 Å². The standard InChI is InChI=1S/C22H24N2O3/c1-27-18-6-7-19(15(14-18)5-8-21(25)26)20-4-2-3-16-13-17-9-10-23-11-12-24(17)22(16)20/h2-8,14,17,23H,9-13H2,1H3,(H,25,26). The molecule has 140 valence electrons. The number of benzene rings is 2. The van der Waals surface area contributed by atoms with E-state index in [1.165, 1.54) is 17.3 Å². The van der Waals surface area contributed by atoms with E-state index in [1.54, 1.807) is 13.2 Å². The number of methoxy groups -OCH3 is 1. The van der Waals surface area contributed by atoms with E-state index in [2.05, 4.69) is 28.4 Å². The Bertz CT molecular complexity index is 891. The molecular weight excluding hydrogens is 340 g/mol. The summed E-state index contributed by atoms with van der Waals surface area (Å²) in [6, 6.07) is 12.9. The van der Waals surface area contributed by atoms with Crippen LogP contribution in [0.5, 0.6) is 5.75 Å². The lowest BCUT2D eigenvalue weighted by Gasteiger charge is -2.27. The molecule has 0 aliphatic carbocycles. The summed E-state index contributed by atoms with van der Waals surface area (Å²) in [5.41, 5.74) is 5.71. The molecule has 2 aliphatic rings. The van der Waals surface area contributed by atoms with Gasteiger partial charge in [0.25, 0.3) is 0 Å². The quantitative estimate of drug-likeness (QED) is 0.816. The first-order valence-electron chi connectivity index (χ1n) is 9.36. The molecule has 2 aromatic rings. The van der Waals surface area contributed by atoms with Crippen molar-refractivity contribution in [3.05, 3.63) is 53.6 Å². The highest BCUT2D eigenvalue weighted by atomic mass is 16.5. The molecule has 0 amide bonds. The van der Waals surface area contributed by atoms with Crippen LogP contribution in [0.15, 0.2) is 42.5 Å². The minimum absolute atomic E-state index is 0.535. The Kier molecular flexibility index (Phi) is 4.86. The maximum atomic E-state index is 11.1. The average Bonchev–Trinajstić information content (AvgIpc) is 2.87. The number of nitrogens with zero attached hydrogens (tertiary/aromatic N) is 1. The summed E-state index contributed by atoms with van der Waals surface area (Å²) in [6.45, 7) is 3.03. The average molecular weight is 364 g/mol. The van der Waals surface area contributed by atoms with Gasteiger partial charge in [-0.3, -0.25) is 0 Å². The highest BCUT2D eigenvalue weighted by molar-refractivity contribution is 5.91. The molecule has 2 N–H and O–H groups in total. The molecule has 2 aliphatic heterocycles. The number of fused-ring (bicyclic) bond motifs is 3. The van der Waals surface area contributed by atoms with Crippen molar-refractivity contribution in [2.75, 3.05) is 31.6 Å². The minimum atomic E-state index is -0.958. The van der Waals surface area contributed by atoms with Crippen LogP contribution in [0.25, 0.3) is 17.2 Å². The third-order valence-electron chi connectivity index (χ3n) is 5.44. The SMILES string of the molecule is COc1ccc(-c2cccc3c2N2CCNCCC2C3)c(C=CC(=O)O)c1. The predicted octanol–water partition coefficient (Wildman–Crippen LogP) is 3.18. The molecule has 1 saturated heterocycles. The summed E-state index contributed by atoms with van der Waals surface area (Å²) < 4.78 is 5.35. The van der Waals surface area contributed by atoms with Gasteiger partial charge in [-0.1, -0.05) is 24.3 Å². The van der Waals surface area contributed by atoms with Crippen molar-refractivity contribution >= 4 is 17.7 Å². The number of carbonyl (C=O) groups is 1. The highest BCUT2D eigenvalue weighted by Gasteiger charge is 2.32. The number of nitrogens with one attached hydrogen (secondary N) is 1. The van der Waals surface area contributed by atoms with Crippen LogP contribution in [-0.4, -0.2) is 43.9 Å². The molecular formula is C22H24N2O3. The first-order valence-corrected chi connectivity index (χ1v) is 9.36. The van der Waals surface area contributed by atoms with E-state index in [0.717, 1.165) is 49.2 Å². The molecule has 0 aromatic heterocycles. The maximum absolute atomic E-state index is 11.1. The lowest BCUT2D eigenvalue weighted by atomic mass is 9.95. The number of carboxylic acids is 1. The van der Waals surface area contributed by atoms with Gasteiger partial charge < -0.3 is 20.1 Å². The summed E-state index contributed by atoms with van der Waals surface area (Å²) in [4.78, 5) is 13.6. The Balaban J connectivity index is 1.84. The fourth-order valence-corrected chi connectivity index (χ4v) is 4.22. The second-order valence-corrected chi connectivity index (χ2v) is 7.03. The summed E-state index contributed by atoms with van der Waals surface area (Å²) in [5, 5.41) is 12.6. The minimum Gasteiger partial charge on any atom is -0.497 e. The van der Waals surface area contributed by atoms with Gasteiger partial charge in [0.1, 0.15) is 5.75 Å². The molecule has 2 aromatic carbocycles. The number of aliphatic carboxylic acids is 1. The van der Waals surface area contributed by atoms with E-state index in [-0.39, 0.29) is 0 Å². The molecule has 0 spiro atoms. The van der Waals surface area contributed by atoms with Crippen molar-refractivity contribution in [2.45, 2.75) is 18.9 Å². The molecule has 1 atom stereocenters. The molecule has 0 bridgehead atoms. The maximum Gasteiger partial charge on any atom is 0.328 e. The Hall–Kier alpha value is -2.79. The topological polar surface area (TPSA) is 61.8 Å². The summed E-state index contributed by atoms with van der Waals surface area (Å²) in [5.74, 6) is -0.242. The lowest BCUT2D eigenvalue weighted by molar-refractivity contribution is -0.131.